The molecule has 0 saturated carbocycles. The molecule has 0 bridgehead atoms. The van der Waals surface area contributed by atoms with Gasteiger partial charge < -0.3 is 15.7 Å². The lowest BCUT2D eigenvalue weighted by Crippen LogP contribution is -2.51. The van der Waals surface area contributed by atoms with Crippen LogP contribution in [0.25, 0.3) is 0 Å². The third kappa shape index (κ3) is 2.94. The number of hydrogen-bond acceptors (Lipinski definition) is 3. The van der Waals surface area contributed by atoms with Gasteiger partial charge in [-0.2, -0.15) is 0 Å². The Morgan fingerprint density at radius 1 is 1.33 bits per heavy atom. The molecule has 6 heteroatoms. The third-order valence-corrected chi connectivity index (χ3v) is 3.67. The van der Waals surface area contributed by atoms with Crippen LogP contribution < -0.4 is 10.6 Å². The maximum Gasteiger partial charge on any atom is 0.315 e. The number of aliphatic carboxylic acids is 1. The second-order valence-corrected chi connectivity index (χ2v) is 4.93. The average Bonchev–Trinajstić information content (AvgIpc) is 2.49. The van der Waals surface area contributed by atoms with Crippen molar-refractivity contribution < 1.29 is 19.5 Å². The van der Waals surface area contributed by atoms with Gasteiger partial charge in [-0.1, -0.05) is 18.7 Å². The zero-order chi connectivity index (χ0) is 15.5. The molecule has 1 aliphatic heterocycles. The molecule has 3 N–H and O–H groups in total. The Bertz CT molecular complexity index is 582. The summed E-state index contributed by atoms with van der Waals surface area (Å²) in [4.78, 5) is 34.1. The molecular formula is C15H16N2O4. The molecule has 0 aliphatic carbocycles. The van der Waals surface area contributed by atoms with Crippen molar-refractivity contribution in [1.82, 2.24) is 5.32 Å². The van der Waals surface area contributed by atoms with Crippen molar-refractivity contribution in [2.45, 2.75) is 18.3 Å². The van der Waals surface area contributed by atoms with E-state index >= 15 is 0 Å². The second-order valence-electron chi connectivity index (χ2n) is 4.93. The molecule has 1 fully saturated rings. The molecule has 0 spiro atoms. The van der Waals surface area contributed by atoms with Gasteiger partial charge in [-0.3, -0.25) is 14.4 Å². The van der Waals surface area contributed by atoms with Gasteiger partial charge in [0, 0.05) is 18.7 Å². The maximum atomic E-state index is 11.7. The zero-order valence-corrected chi connectivity index (χ0v) is 11.4. The molecule has 0 unspecified atom stereocenters. The Hall–Kier alpha value is -2.63. The molecule has 2 amide bonds. The zero-order valence-electron chi connectivity index (χ0n) is 11.4. The molecular weight excluding hydrogens is 272 g/mol. The van der Waals surface area contributed by atoms with Crippen LogP contribution in [-0.2, 0) is 19.8 Å². The van der Waals surface area contributed by atoms with Crippen molar-refractivity contribution in [1.29, 1.82) is 0 Å². The Balaban J connectivity index is 2.26. The minimum absolute atomic E-state index is 0.0690. The summed E-state index contributed by atoms with van der Waals surface area (Å²) in [7, 11) is 0. The van der Waals surface area contributed by atoms with Crippen molar-refractivity contribution in [3.05, 3.63) is 42.5 Å². The fourth-order valence-electron chi connectivity index (χ4n) is 2.37. The van der Waals surface area contributed by atoms with Crippen LogP contribution in [0.2, 0.25) is 0 Å². The summed E-state index contributed by atoms with van der Waals surface area (Å²) in [5, 5.41) is 14.7. The van der Waals surface area contributed by atoms with Gasteiger partial charge in [0.2, 0.25) is 11.8 Å². The summed E-state index contributed by atoms with van der Waals surface area (Å²) in [5.41, 5.74) is 0.0464. The molecule has 6 nitrogen and oxygen atoms in total. The molecule has 1 aromatic carbocycles. The number of carboxylic acids is 1. The van der Waals surface area contributed by atoms with Gasteiger partial charge in [-0.15, -0.1) is 0 Å². The largest absolute Gasteiger partial charge is 0.481 e. The average molecular weight is 288 g/mol. The van der Waals surface area contributed by atoms with Crippen LogP contribution in [-0.4, -0.2) is 29.4 Å². The number of benzene rings is 1. The van der Waals surface area contributed by atoms with E-state index in [4.69, 9.17) is 0 Å². The number of hydrogen-bond donors (Lipinski definition) is 3. The van der Waals surface area contributed by atoms with E-state index in [1.54, 1.807) is 24.3 Å². The minimum atomic E-state index is -1.12. The number of rotatable bonds is 4. The summed E-state index contributed by atoms with van der Waals surface area (Å²) in [6.45, 7) is 3.43. The van der Waals surface area contributed by atoms with E-state index in [0.717, 1.165) is 6.08 Å². The highest BCUT2D eigenvalue weighted by Crippen LogP contribution is 2.32. The highest BCUT2D eigenvalue weighted by Gasteiger charge is 2.43. The third-order valence-electron chi connectivity index (χ3n) is 3.67. The van der Waals surface area contributed by atoms with E-state index < -0.39 is 11.4 Å². The van der Waals surface area contributed by atoms with Crippen LogP contribution in [0.15, 0.2) is 36.9 Å². The first-order valence-corrected chi connectivity index (χ1v) is 6.52. The van der Waals surface area contributed by atoms with Crippen LogP contribution in [0.5, 0.6) is 0 Å². The topological polar surface area (TPSA) is 95.5 Å². The first-order chi connectivity index (χ1) is 9.98. The highest BCUT2D eigenvalue weighted by molar-refractivity contribution is 5.98. The number of carbonyl (C=O) groups is 3. The monoisotopic (exact) mass is 288 g/mol. The fraction of sp³-hybridized carbons (Fsp3) is 0.267. The molecule has 110 valence electrons. The minimum Gasteiger partial charge on any atom is -0.481 e. The van der Waals surface area contributed by atoms with Gasteiger partial charge >= 0.3 is 5.97 Å². The molecule has 0 radical (unpaired) electrons. The first kappa shape index (κ1) is 14.8. The number of piperidine rings is 1. The standard InChI is InChI=1S/C15H16N2O4/c1-2-12(18)17-11-5-3-10(4-6-11)15(14(20)21)8-7-13(19)16-9-15/h2-6H,1,7-9H2,(H,16,19)(H,17,18)(H,20,21)/t15-/m1/s1. The number of carbonyl (C=O) groups excluding carboxylic acids is 2. The van der Waals surface area contributed by atoms with Gasteiger partial charge in [0.1, 0.15) is 5.41 Å². The van der Waals surface area contributed by atoms with E-state index in [9.17, 15) is 19.5 Å². The predicted octanol–water partition coefficient (Wildman–Crippen LogP) is 1.04. The molecule has 21 heavy (non-hydrogen) atoms. The van der Waals surface area contributed by atoms with Gasteiger partial charge in [0.05, 0.1) is 0 Å². The lowest BCUT2D eigenvalue weighted by molar-refractivity contribution is -0.145. The van der Waals surface area contributed by atoms with E-state index in [1.165, 1.54) is 0 Å². The van der Waals surface area contributed by atoms with E-state index in [0.29, 0.717) is 11.3 Å². The highest BCUT2D eigenvalue weighted by atomic mass is 16.4. The Morgan fingerprint density at radius 2 is 2.00 bits per heavy atom. The molecule has 1 aliphatic rings. The van der Waals surface area contributed by atoms with Crippen molar-refractivity contribution in [3.8, 4) is 0 Å². The van der Waals surface area contributed by atoms with Crippen molar-refractivity contribution >= 4 is 23.5 Å². The number of nitrogens with one attached hydrogen (secondary N) is 2. The molecule has 2 rings (SSSR count). The molecule has 1 saturated heterocycles. The van der Waals surface area contributed by atoms with E-state index in [1.807, 2.05) is 0 Å². The van der Waals surface area contributed by atoms with Crippen LogP contribution >= 0.6 is 0 Å². The van der Waals surface area contributed by atoms with E-state index in [-0.39, 0.29) is 31.2 Å². The van der Waals surface area contributed by atoms with Gasteiger partial charge in [0.15, 0.2) is 0 Å². The van der Waals surface area contributed by atoms with Gasteiger partial charge in [-0.05, 0) is 30.2 Å². The summed E-state index contributed by atoms with van der Waals surface area (Å²) in [5.74, 6) is -1.44. The smallest absolute Gasteiger partial charge is 0.315 e. The van der Waals surface area contributed by atoms with Crippen molar-refractivity contribution in [3.63, 3.8) is 0 Å². The van der Waals surface area contributed by atoms with Crippen LogP contribution in [0.1, 0.15) is 18.4 Å². The summed E-state index contributed by atoms with van der Waals surface area (Å²) in [6, 6.07) is 6.59. The molecule has 1 atom stereocenters. The van der Waals surface area contributed by atoms with Crippen molar-refractivity contribution in [2.24, 2.45) is 0 Å². The quantitative estimate of drug-likeness (QED) is 0.721. The Labute approximate surface area is 121 Å². The SMILES string of the molecule is C=CC(=O)Nc1ccc([C@@]2(C(=O)O)CCC(=O)NC2)cc1. The number of carboxylic acid groups (broad SMARTS) is 1. The predicted molar refractivity (Wildman–Crippen MR) is 76.8 cm³/mol. The Morgan fingerprint density at radius 3 is 2.48 bits per heavy atom. The van der Waals surface area contributed by atoms with Crippen molar-refractivity contribution in [2.75, 3.05) is 11.9 Å². The van der Waals surface area contributed by atoms with Crippen LogP contribution in [0, 0.1) is 0 Å². The van der Waals surface area contributed by atoms with E-state index in [2.05, 4.69) is 17.2 Å². The second kappa shape index (κ2) is 5.78. The lowest BCUT2D eigenvalue weighted by atomic mass is 9.74. The summed E-state index contributed by atoms with van der Waals surface area (Å²) in [6.07, 6.45) is 1.59. The first-order valence-electron chi connectivity index (χ1n) is 6.52. The number of amides is 2. The molecule has 1 aromatic rings. The molecule has 1 heterocycles. The van der Waals surface area contributed by atoms with Gasteiger partial charge in [-0.25, -0.2) is 0 Å². The van der Waals surface area contributed by atoms with Crippen LogP contribution in [0.4, 0.5) is 5.69 Å². The Kier molecular flexibility index (Phi) is 4.07. The number of anilines is 1. The maximum absolute atomic E-state index is 11.7. The normalized spacial score (nSPS) is 21.2. The summed E-state index contributed by atoms with van der Waals surface area (Å²) < 4.78 is 0. The molecule has 0 aromatic heterocycles. The van der Waals surface area contributed by atoms with Crippen LogP contribution in [0.3, 0.4) is 0 Å². The lowest BCUT2D eigenvalue weighted by Gasteiger charge is -2.33. The van der Waals surface area contributed by atoms with Gasteiger partial charge in [0.25, 0.3) is 0 Å². The fourth-order valence-corrected chi connectivity index (χ4v) is 2.37. The summed E-state index contributed by atoms with van der Waals surface area (Å²) >= 11 is 0.